The minimum atomic E-state index is -0.542. The van der Waals surface area contributed by atoms with Crippen molar-refractivity contribution in [3.63, 3.8) is 0 Å². The molecule has 4 aromatic rings. The van der Waals surface area contributed by atoms with Gasteiger partial charge in [-0.05, 0) is 49.4 Å². The van der Waals surface area contributed by atoms with Gasteiger partial charge in [0.25, 0.3) is 0 Å². The summed E-state index contributed by atoms with van der Waals surface area (Å²) >= 11 is 0. The van der Waals surface area contributed by atoms with E-state index in [1.54, 1.807) is 29.3 Å². The van der Waals surface area contributed by atoms with E-state index in [1.807, 2.05) is 12.1 Å². The lowest BCUT2D eigenvalue weighted by Crippen LogP contribution is -2.39. The van der Waals surface area contributed by atoms with Gasteiger partial charge in [0, 0.05) is 34.7 Å². The number of nitrogens with one attached hydrogen (secondary N) is 1. The van der Waals surface area contributed by atoms with Gasteiger partial charge in [0.1, 0.15) is 17.1 Å². The lowest BCUT2D eigenvalue weighted by Gasteiger charge is -2.19. The number of pyridine rings is 1. The minimum Gasteiger partial charge on any atom is -0.492 e. The summed E-state index contributed by atoms with van der Waals surface area (Å²) in [5, 5.41) is 7.22. The van der Waals surface area contributed by atoms with Gasteiger partial charge in [-0.15, -0.1) is 0 Å². The Kier molecular flexibility index (Phi) is 5.32. The molecule has 1 N–H and O–H groups in total. The molecule has 2 aliphatic rings. The third-order valence-electron chi connectivity index (χ3n) is 6.56. The maximum atomic E-state index is 15.1. The molecular formula is C26H23FN4O4. The van der Waals surface area contributed by atoms with Crippen molar-refractivity contribution in [1.82, 2.24) is 20.1 Å². The second-order valence-corrected chi connectivity index (χ2v) is 9.19. The van der Waals surface area contributed by atoms with E-state index in [1.165, 1.54) is 25.2 Å². The Morgan fingerprint density at radius 2 is 2.06 bits per heavy atom. The van der Waals surface area contributed by atoms with E-state index >= 15 is 4.39 Å². The highest BCUT2D eigenvalue weighted by Crippen LogP contribution is 2.36. The first-order valence-electron chi connectivity index (χ1n) is 11.7. The summed E-state index contributed by atoms with van der Waals surface area (Å²) in [6.07, 6.45) is 9.64. The monoisotopic (exact) mass is 474 g/mol. The lowest BCUT2D eigenvalue weighted by molar-refractivity contribution is -0.134. The summed E-state index contributed by atoms with van der Waals surface area (Å²) in [5.74, 6) is -0.222. The number of amides is 2. The van der Waals surface area contributed by atoms with Crippen LogP contribution in [0.1, 0.15) is 42.9 Å². The van der Waals surface area contributed by atoms with Crippen molar-refractivity contribution in [1.29, 1.82) is 0 Å². The predicted octanol–water partition coefficient (Wildman–Crippen LogP) is 4.19. The first-order chi connectivity index (χ1) is 17.0. The average molecular weight is 474 g/mol. The number of piperidine rings is 1. The molecule has 1 saturated heterocycles. The molecule has 35 heavy (non-hydrogen) atoms. The van der Waals surface area contributed by atoms with Gasteiger partial charge in [0.2, 0.25) is 11.8 Å². The molecule has 0 radical (unpaired) electrons. The predicted molar refractivity (Wildman–Crippen MR) is 124 cm³/mol. The summed E-state index contributed by atoms with van der Waals surface area (Å²) in [4.78, 5) is 28.2. The summed E-state index contributed by atoms with van der Waals surface area (Å²) in [5.41, 5.74) is 2.82. The van der Waals surface area contributed by atoms with Crippen LogP contribution in [0.2, 0.25) is 0 Å². The maximum Gasteiger partial charge on any atom is 0.234 e. The molecule has 2 amide bonds. The van der Waals surface area contributed by atoms with Crippen LogP contribution in [-0.4, -0.2) is 33.2 Å². The molecule has 1 aliphatic carbocycles. The number of hydrogen-bond acceptors (Lipinski definition) is 6. The molecule has 1 aliphatic heterocycles. The number of fused-ring (bicyclic) bond motifs is 1. The molecule has 0 spiro atoms. The number of nitrogens with zero attached hydrogens (tertiary/aromatic N) is 3. The molecular weight excluding hydrogens is 451 g/mol. The van der Waals surface area contributed by atoms with Crippen molar-refractivity contribution in [2.75, 3.05) is 6.61 Å². The largest absolute Gasteiger partial charge is 0.492 e. The van der Waals surface area contributed by atoms with Crippen LogP contribution < -0.4 is 10.1 Å². The number of furan rings is 1. The van der Waals surface area contributed by atoms with Crippen LogP contribution in [0.5, 0.6) is 5.75 Å². The van der Waals surface area contributed by atoms with Gasteiger partial charge in [-0.3, -0.25) is 24.6 Å². The molecule has 9 heteroatoms. The zero-order chi connectivity index (χ0) is 23.9. The van der Waals surface area contributed by atoms with Crippen molar-refractivity contribution in [2.24, 2.45) is 5.92 Å². The molecule has 1 saturated carbocycles. The van der Waals surface area contributed by atoms with Crippen molar-refractivity contribution < 1.29 is 23.1 Å². The highest BCUT2D eigenvalue weighted by Gasteiger charge is 2.31. The Bertz CT molecular complexity index is 1420. The van der Waals surface area contributed by atoms with Crippen molar-refractivity contribution in [2.45, 2.75) is 38.1 Å². The Hall–Kier alpha value is -4.01. The van der Waals surface area contributed by atoms with Gasteiger partial charge < -0.3 is 9.15 Å². The van der Waals surface area contributed by atoms with Gasteiger partial charge in [-0.25, -0.2) is 4.39 Å². The van der Waals surface area contributed by atoms with Gasteiger partial charge in [0.15, 0.2) is 0 Å². The van der Waals surface area contributed by atoms with Crippen molar-refractivity contribution >= 4 is 22.8 Å². The number of imide groups is 1. The number of carbonyl (C=O) groups excluding carboxylic acids is 2. The molecule has 178 valence electrons. The Morgan fingerprint density at radius 3 is 2.83 bits per heavy atom. The number of benzene rings is 1. The zero-order valence-electron chi connectivity index (χ0n) is 18.9. The first-order valence-corrected chi connectivity index (χ1v) is 11.7. The van der Waals surface area contributed by atoms with Crippen molar-refractivity contribution in [3.8, 4) is 16.9 Å². The van der Waals surface area contributed by atoms with Gasteiger partial charge in [-0.2, -0.15) is 5.10 Å². The van der Waals surface area contributed by atoms with E-state index in [9.17, 15) is 9.59 Å². The molecule has 8 nitrogen and oxygen atoms in total. The van der Waals surface area contributed by atoms with Crippen LogP contribution in [0.15, 0.2) is 53.5 Å². The van der Waals surface area contributed by atoms with Crippen LogP contribution in [-0.2, 0) is 16.1 Å². The minimum absolute atomic E-state index is 0.244. The SMILES string of the molecule is O=C1CCC(c2coc3cc(-c4cnn(Cc5ccc(OCC6CC6)cn5)c4)c(F)cc23)C(=O)N1. The fraction of sp³-hybridized carbons (Fsp3) is 0.308. The number of aromatic nitrogens is 3. The molecule has 4 heterocycles. The second-order valence-electron chi connectivity index (χ2n) is 9.19. The Morgan fingerprint density at radius 1 is 1.17 bits per heavy atom. The van der Waals surface area contributed by atoms with E-state index in [0.29, 0.717) is 46.5 Å². The lowest BCUT2D eigenvalue weighted by atomic mass is 9.90. The number of halogens is 1. The van der Waals surface area contributed by atoms with Gasteiger partial charge in [0.05, 0.1) is 43.4 Å². The van der Waals surface area contributed by atoms with Gasteiger partial charge >= 0.3 is 0 Å². The molecule has 1 aromatic carbocycles. The second kappa shape index (κ2) is 8.65. The molecule has 1 atom stereocenters. The first kappa shape index (κ1) is 21.5. The normalized spacial score (nSPS) is 18.1. The maximum absolute atomic E-state index is 15.1. The summed E-state index contributed by atoms with van der Waals surface area (Å²) < 4.78 is 28.2. The van der Waals surface area contributed by atoms with Crippen LogP contribution in [0, 0.1) is 11.7 Å². The van der Waals surface area contributed by atoms with E-state index in [2.05, 4.69) is 15.4 Å². The number of hydrogen-bond donors (Lipinski definition) is 1. The van der Waals surface area contributed by atoms with E-state index in [-0.39, 0.29) is 18.2 Å². The molecule has 0 bridgehead atoms. The topological polar surface area (TPSA) is 99.2 Å². The summed E-state index contributed by atoms with van der Waals surface area (Å²) in [6, 6.07) is 6.80. The average Bonchev–Trinajstić information content (AvgIpc) is 3.43. The van der Waals surface area contributed by atoms with Gasteiger partial charge in [-0.1, -0.05) is 0 Å². The number of rotatable bonds is 7. The number of carbonyl (C=O) groups is 2. The standard InChI is InChI=1S/C26H23FN4O4/c27-23-7-21-22(19-5-6-25(32)30-26(19)33)14-35-24(21)8-20(23)16-9-29-31(11-16)12-17-3-4-18(10-28-17)34-13-15-1-2-15/h3-4,7-11,14-15,19H,1-2,5-6,12-13H2,(H,30,32,33). The molecule has 1 unspecified atom stereocenters. The third-order valence-corrected chi connectivity index (χ3v) is 6.56. The Balaban J connectivity index is 1.20. The number of ether oxygens (including phenoxy) is 1. The summed E-state index contributed by atoms with van der Waals surface area (Å²) in [7, 11) is 0. The van der Waals surface area contributed by atoms with Crippen molar-refractivity contribution in [3.05, 3.63) is 66.2 Å². The van der Waals surface area contributed by atoms with Crippen LogP contribution in [0.3, 0.4) is 0 Å². The smallest absolute Gasteiger partial charge is 0.234 e. The van der Waals surface area contributed by atoms with E-state index in [4.69, 9.17) is 9.15 Å². The highest BCUT2D eigenvalue weighted by molar-refractivity contribution is 6.03. The fourth-order valence-electron chi connectivity index (χ4n) is 4.39. The zero-order valence-corrected chi connectivity index (χ0v) is 18.9. The quantitative estimate of drug-likeness (QED) is 0.403. The highest BCUT2D eigenvalue weighted by atomic mass is 19.1. The fourth-order valence-corrected chi connectivity index (χ4v) is 4.39. The van der Waals surface area contributed by atoms with Crippen LogP contribution >= 0.6 is 0 Å². The molecule has 6 rings (SSSR count). The van der Waals surface area contributed by atoms with E-state index in [0.717, 1.165) is 18.1 Å². The van der Waals surface area contributed by atoms with Crippen LogP contribution in [0.25, 0.3) is 22.1 Å². The van der Waals surface area contributed by atoms with E-state index < -0.39 is 11.7 Å². The summed E-state index contributed by atoms with van der Waals surface area (Å²) in [6.45, 7) is 1.18. The third kappa shape index (κ3) is 4.41. The molecule has 2 fully saturated rings. The van der Waals surface area contributed by atoms with Crippen LogP contribution in [0.4, 0.5) is 4.39 Å². The molecule has 3 aromatic heterocycles. The Labute approximate surface area is 200 Å².